The highest BCUT2D eigenvalue weighted by atomic mass is 19.4. The van der Waals surface area contributed by atoms with E-state index in [1.165, 1.54) is 13.0 Å². The van der Waals surface area contributed by atoms with Crippen molar-refractivity contribution >= 4 is 11.3 Å². The summed E-state index contributed by atoms with van der Waals surface area (Å²) in [5.74, 6) is 1.15. The summed E-state index contributed by atoms with van der Waals surface area (Å²) in [6, 6.07) is 7.74. The molecule has 3 heterocycles. The molecule has 37 heavy (non-hydrogen) atoms. The minimum atomic E-state index is -4.48. The molecule has 0 radical (unpaired) electrons. The van der Waals surface area contributed by atoms with E-state index in [9.17, 15) is 17.6 Å². The number of halogens is 4. The standard InChI is InChI=1S/C28H29F4N3O2/c1-16-17(2)26(22-10-11-27(4,29)15-34-22)35-18(3)25(16)21-8-7-20(12-23(21)36-5)37-14-19-6-9-24(33-13-19)28(30,31)32/h6-13,16,35H,14-15H2,1-5H3/t16-,27?/m1/s1. The van der Waals surface area contributed by atoms with Crippen LogP contribution in [-0.2, 0) is 12.8 Å². The third-order valence-corrected chi connectivity index (χ3v) is 6.58. The SMILES string of the molecule is COc1cc(OCc2ccc(C(F)(F)F)nc2)ccc1C1=C(C)NC(C2=NCC(C)(F)C=C2)=C(C)[C@H]1C. The predicted molar refractivity (Wildman–Crippen MR) is 135 cm³/mol. The second-order valence-corrected chi connectivity index (χ2v) is 9.46. The van der Waals surface area contributed by atoms with Gasteiger partial charge in [-0.2, -0.15) is 13.2 Å². The van der Waals surface area contributed by atoms with Crippen molar-refractivity contribution < 1.29 is 27.0 Å². The van der Waals surface area contributed by atoms with Gasteiger partial charge in [0.15, 0.2) is 0 Å². The Morgan fingerprint density at radius 3 is 2.51 bits per heavy atom. The molecule has 0 saturated heterocycles. The smallest absolute Gasteiger partial charge is 0.433 e. The van der Waals surface area contributed by atoms with Crippen molar-refractivity contribution in [1.82, 2.24) is 10.3 Å². The van der Waals surface area contributed by atoms with Gasteiger partial charge in [-0.25, -0.2) is 4.39 Å². The molecule has 0 saturated carbocycles. The summed E-state index contributed by atoms with van der Waals surface area (Å²) in [7, 11) is 1.57. The fourth-order valence-electron chi connectivity index (χ4n) is 4.40. The zero-order valence-corrected chi connectivity index (χ0v) is 21.3. The number of hydrogen-bond acceptors (Lipinski definition) is 5. The van der Waals surface area contributed by atoms with Crippen molar-refractivity contribution in [2.45, 2.75) is 46.1 Å². The van der Waals surface area contributed by atoms with Crippen molar-refractivity contribution in [2.24, 2.45) is 10.9 Å². The summed E-state index contributed by atoms with van der Waals surface area (Å²) in [5, 5.41) is 3.45. The van der Waals surface area contributed by atoms with Gasteiger partial charge < -0.3 is 14.8 Å². The lowest BCUT2D eigenvalue weighted by atomic mass is 9.82. The van der Waals surface area contributed by atoms with Gasteiger partial charge in [0.2, 0.25) is 0 Å². The fraction of sp³-hybridized carbons (Fsp3) is 0.357. The van der Waals surface area contributed by atoms with E-state index in [0.717, 1.165) is 46.1 Å². The molecule has 0 aliphatic carbocycles. The number of rotatable bonds is 6. The highest BCUT2D eigenvalue weighted by molar-refractivity contribution is 6.10. The highest BCUT2D eigenvalue weighted by Crippen LogP contribution is 2.41. The summed E-state index contributed by atoms with van der Waals surface area (Å²) in [4.78, 5) is 7.90. The Hall–Kier alpha value is -3.62. The number of nitrogens with zero attached hydrogens (tertiary/aromatic N) is 2. The molecule has 2 aliphatic rings. The summed E-state index contributed by atoms with van der Waals surface area (Å²) >= 11 is 0. The molecule has 1 aromatic heterocycles. The zero-order valence-electron chi connectivity index (χ0n) is 21.3. The molecule has 2 aromatic rings. The number of allylic oxidation sites excluding steroid dienone is 4. The molecule has 0 bridgehead atoms. The number of methoxy groups -OCH3 is 1. The molecule has 2 aliphatic heterocycles. The molecule has 4 rings (SSSR count). The molecule has 196 valence electrons. The maximum absolute atomic E-state index is 14.2. The van der Waals surface area contributed by atoms with Crippen molar-refractivity contribution in [3.63, 3.8) is 0 Å². The van der Waals surface area contributed by atoms with E-state index in [4.69, 9.17) is 9.47 Å². The number of nitrogens with one attached hydrogen (secondary N) is 1. The van der Waals surface area contributed by atoms with Crippen LogP contribution in [-0.4, -0.2) is 30.0 Å². The Labute approximate surface area is 213 Å². The quantitative estimate of drug-likeness (QED) is 0.437. The van der Waals surface area contributed by atoms with Gasteiger partial charge >= 0.3 is 6.18 Å². The summed E-state index contributed by atoms with van der Waals surface area (Å²) in [6.07, 6.45) is -0.0616. The van der Waals surface area contributed by atoms with Crippen molar-refractivity contribution in [1.29, 1.82) is 0 Å². The normalized spacial score (nSPS) is 22.1. The number of benzene rings is 1. The lowest BCUT2D eigenvalue weighted by Crippen LogP contribution is -2.31. The molecule has 1 aromatic carbocycles. The van der Waals surface area contributed by atoms with Gasteiger partial charge in [0.25, 0.3) is 0 Å². The van der Waals surface area contributed by atoms with Gasteiger partial charge in [-0.15, -0.1) is 0 Å². The third-order valence-electron chi connectivity index (χ3n) is 6.58. The number of alkyl halides is 4. The van der Waals surface area contributed by atoms with Crippen LogP contribution < -0.4 is 14.8 Å². The molecule has 1 N–H and O–H groups in total. The number of pyridine rings is 1. The fourth-order valence-corrected chi connectivity index (χ4v) is 4.40. The summed E-state index contributed by atoms with van der Waals surface area (Å²) < 4.78 is 63.8. The van der Waals surface area contributed by atoms with E-state index in [1.807, 2.05) is 19.9 Å². The minimum absolute atomic E-state index is 0.0323. The van der Waals surface area contributed by atoms with Crippen LogP contribution in [0.2, 0.25) is 0 Å². The largest absolute Gasteiger partial charge is 0.496 e. The van der Waals surface area contributed by atoms with Crippen LogP contribution in [0, 0.1) is 5.92 Å². The molecule has 0 spiro atoms. The Morgan fingerprint density at radius 1 is 1.16 bits per heavy atom. The van der Waals surface area contributed by atoms with Crippen LogP contribution in [0.5, 0.6) is 11.5 Å². The number of aliphatic imine (C=N–C) groups is 1. The lowest BCUT2D eigenvalue weighted by Gasteiger charge is -2.32. The first-order chi connectivity index (χ1) is 17.4. The number of ether oxygens (including phenoxy) is 2. The van der Waals surface area contributed by atoms with Gasteiger partial charge in [-0.05, 0) is 62.3 Å². The van der Waals surface area contributed by atoms with Crippen molar-refractivity contribution in [3.8, 4) is 11.5 Å². The van der Waals surface area contributed by atoms with Crippen LogP contribution in [0.3, 0.4) is 0 Å². The second kappa shape index (κ2) is 10.0. The maximum atomic E-state index is 14.2. The van der Waals surface area contributed by atoms with Crippen LogP contribution in [0.15, 0.2) is 70.6 Å². The summed E-state index contributed by atoms with van der Waals surface area (Å²) in [6.45, 7) is 7.76. The topological polar surface area (TPSA) is 55.7 Å². The molecule has 0 amide bonds. The van der Waals surface area contributed by atoms with Crippen molar-refractivity contribution in [2.75, 3.05) is 13.7 Å². The van der Waals surface area contributed by atoms with E-state index in [2.05, 4.69) is 22.2 Å². The van der Waals surface area contributed by atoms with Gasteiger partial charge in [0.1, 0.15) is 29.5 Å². The monoisotopic (exact) mass is 515 g/mol. The number of aromatic nitrogens is 1. The molecule has 1 unspecified atom stereocenters. The average Bonchev–Trinajstić information content (AvgIpc) is 2.85. The van der Waals surface area contributed by atoms with Gasteiger partial charge in [0, 0.05) is 35.0 Å². The van der Waals surface area contributed by atoms with E-state index in [1.54, 1.807) is 31.4 Å². The van der Waals surface area contributed by atoms with Crippen LogP contribution in [0.1, 0.15) is 44.5 Å². The number of hydrogen-bond donors (Lipinski definition) is 1. The maximum Gasteiger partial charge on any atom is 0.433 e. The van der Waals surface area contributed by atoms with Gasteiger partial charge in [-0.3, -0.25) is 9.98 Å². The highest BCUT2D eigenvalue weighted by Gasteiger charge is 2.32. The molecular weight excluding hydrogens is 486 g/mol. The Morgan fingerprint density at radius 2 is 1.92 bits per heavy atom. The van der Waals surface area contributed by atoms with Crippen LogP contribution in [0.25, 0.3) is 5.57 Å². The Kier molecular flexibility index (Phi) is 7.17. The predicted octanol–water partition coefficient (Wildman–Crippen LogP) is 6.67. The Balaban J connectivity index is 1.53. The molecule has 9 heteroatoms. The molecular formula is C28H29F4N3O2. The Bertz CT molecular complexity index is 1310. The lowest BCUT2D eigenvalue weighted by molar-refractivity contribution is -0.141. The first-order valence-electron chi connectivity index (χ1n) is 11.8. The molecule has 2 atom stereocenters. The molecule has 5 nitrogen and oxygen atoms in total. The third kappa shape index (κ3) is 5.70. The van der Waals surface area contributed by atoms with E-state index in [-0.39, 0.29) is 19.1 Å². The van der Waals surface area contributed by atoms with Crippen LogP contribution in [0.4, 0.5) is 17.6 Å². The zero-order chi connectivity index (χ0) is 27.0. The van der Waals surface area contributed by atoms with Crippen molar-refractivity contribution in [3.05, 3.63) is 82.5 Å². The second-order valence-electron chi connectivity index (χ2n) is 9.46. The molecule has 0 fully saturated rings. The summed E-state index contributed by atoms with van der Waals surface area (Å²) in [5.41, 5.74) is 3.68. The minimum Gasteiger partial charge on any atom is -0.496 e. The first kappa shape index (κ1) is 26.4. The van der Waals surface area contributed by atoms with E-state index in [0.29, 0.717) is 17.1 Å². The number of dihydropyridines is 2. The first-order valence-corrected chi connectivity index (χ1v) is 11.8. The van der Waals surface area contributed by atoms with Crippen LogP contribution >= 0.6 is 0 Å². The van der Waals surface area contributed by atoms with Gasteiger partial charge in [-0.1, -0.05) is 13.0 Å². The van der Waals surface area contributed by atoms with Gasteiger partial charge in [0.05, 0.1) is 25.1 Å². The van der Waals surface area contributed by atoms with E-state index < -0.39 is 17.5 Å². The van der Waals surface area contributed by atoms with E-state index >= 15 is 0 Å². The average molecular weight is 516 g/mol.